The van der Waals surface area contributed by atoms with Gasteiger partial charge in [0, 0.05) is 57.7 Å². The average Bonchev–Trinajstić information content (AvgIpc) is 3.50. The Bertz CT molecular complexity index is 684. The van der Waals surface area contributed by atoms with Crippen LogP contribution in [0.2, 0.25) is 0 Å². The van der Waals surface area contributed by atoms with E-state index in [9.17, 15) is 0 Å². The molecule has 1 N–H and O–H groups in total. The molecule has 32 heavy (non-hydrogen) atoms. The second-order valence-electron chi connectivity index (χ2n) is 8.81. The summed E-state index contributed by atoms with van der Waals surface area (Å²) in [7, 11) is 0. The summed E-state index contributed by atoms with van der Waals surface area (Å²) in [6, 6.07) is 0. The Morgan fingerprint density at radius 1 is 1.19 bits per heavy atom. The van der Waals surface area contributed by atoms with Crippen molar-refractivity contribution in [3.63, 3.8) is 0 Å². The van der Waals surface area contributed by atoms with Crippen LogP contribution in [0.3, 0.4) is 0 Å². The summed E-state index contributed by atoms with van der Waals surface area (Å²) in [5.41, 5.74) is 1.17. The van der Waals surface area contributed by atoms with Crippen LogP contribution in [0.25, 0.3) is 0 Å². The number of hydrogen-bond acceptors (Lipinski definition) is 6. The number of anilines is 1. The molecule has 1 atom stereocenters. The molecule has 7 nitrogen and oxygen atoms in total. The topological polar surface area (TPSA) is 62.2 Å². The van der Waals surface area contributed by atoms with Crippen molar-refractivity contribution in [2.24, 2.45) is 4.99 Å². The first-order valence-electron chi connectivity index (χ1n) is 12.3. The molecule has 3 aliphatic rings. The van der Waals surface area contributed by atoms with E-state index in [4.69, 9.17) is 19.5 Å². The second kappa shape index (κ2) is 13.9. The highest BCUT2D eigenvalue weighted by Crippen LogP contribution is 2.24. The van der Waals surface area contributed by atoms with Gasteiger partial charge >= 0.3 is 0 Å². The van der Waals surface area contributed by atoms with Gasteiger partial charge in [-0.1, -0.05) is 0 Å². The molecule has 0 bridgehead atoms. The summed E-state index contributed by atoms with van der Waals surface area (Å²) in [5.74, 6) is 1.03. The predicted octanol–water partition coefficient (Wildman–Crippen LogP) is 3.92. The normalized spacial score (nSPS) is 22.8. The molecule has 0 aliphatic carbocycles. The third kappa shape index (κ3) is 7.70. The van der Waals surface area contributed by atoms with Gasteiger partial charge in [0.25, 0.3) is 0 Å². The van der Waals surface area contributed by atoms with Gasteiger partial charge < -0.3 is 24.6 Å². The lowest BCUT2D eigenvalue weighted by Gasteiger charge is -2.35. The van der Waals surface area contributed by atoms with Gasteiger partial charge in [0.05, 0.1) is 24.5 Å². The van der Waals surface area contributed by atoms with Gasteiger partial charge in [-0.15, -0.1) is 35.3 Å². The van der Waals surface area contributed by atoms with E-state index in [-0.39, 0.29) is 24.0 Å². The van der Waals surface area contributed by atoms with Crippen molar-refractivity contribution in [2.75, 3.05) is 57.4 Å². The number of rotatable bonds is 8. The monoisotopic (exact) mass is 577 g/mol. The molecule has 1 unspecified atom stereocenters. The van der Waals surface area contributed by atoms with E-state index in [0.717, 1.165) is 84.1 Å². The van der Waals surface area contributed by atoms with Crippen molar-refractivity contribution in [3.8, 4) is 0 Å². The molecular weight excluding hydrogens is 537 g/mol. The maximum absolute atomic E-state index is 6.17. The molecule has 182 valence electrons. The van der Waals surface area contributed by atoms with Crippen molar-refractivity contribution in [1.82, 2.24) is 15.2 Å². The van der Waals surface area contributed by atoms with E-state index in [1.807, 2.05) is 0 Å². The molecule has 3 fully saturated rings. The molecule has 9 heteroatoms. The highest BCUT2D eigenvalue weighted by Gasteiger charge is 2.24. The molecule has 0 radical (unpaired) electrons. The Morgan fingerprint density at radius 3 is 2.72 bits per heavy atom. The van der Waals surface area contributed by atoms with E-state index in [0.29, 0.717) is 12.2 Å². The van der Waals surface area contributed by atoms with Crippen molar-refractivity contribution in [2.45, 2.75) is 70.5 Å². The van der Waals surface area contributed by atoms with E-state index >= 15 is 0 Å². The number of ether oxygens (including phenoxy) is 2. The summed E-state index contributed by atoms with van der Waals surface area (Å²) >= 11 is 1.78. The minimum atomic E-state index is 0. The summed E-state index contributed by atoms with van der Waals surface area (Å²) in [5, 5.41) is 6.86. The smallest absolute Gasteiger partial charge is 0.193 e. The Balaban J connectivity index is 0.00000289. The van der Waals surface area contributed by atoms with Crippen LogP contribution in [0.4, 0.5) is 5.13 Å². The first-order valence-corrected chi connectivity index (χ1v) is 13.2. The number of halogens is 1. The van der Waals surface area contributed by atoms with Gasteiger partial charge in [-0.2, -0.15) is 0 Å². The fraction of sp³-hybridized carbons (Fsp3) is 0.826. The standard InChI is InChI=1S/C23H39N5O2S.HI/c1-2-24-22(25-11-8-19-18-31-23(26-19)28-12-4-5-13-28)27-14-9-20(10-15-27)30-17-21-7-3-6-16-29-21;/h18,20-21H,2-17H2,1H3,(H,24,25);1H. The molecule has 0 aromatic carbocycles. The predicted molar refractivity (Wildman–Crippen MR) is 143 cm³/mol. The third-order valence-corrected chi connectivity index (χ3v) is 7.36. The fourth-order valence-corrected chi connectivity index (χ4v) is 5.50. The zero-order chi connectivity index (χ0) is 21.3. The fourth-order valence-electron chi connectivity index (χ4n) is 4.58. The molecule has 0 saturated carbocycles. The number of thiazole rings is 1. The number of guanidine groups is 1. The van der Waals surface area contributed by atoms with Crippen LogP contribution < -0.4 is 10.2 Å². The highest BCUT2D eigenvalue weighted by molar-refractivity contribution is 14.0. The van der Waals surface area contributed by atoms with Gasteiger partial charge in [-0.3, -0.25) is 4.99 Å². The van der Waals surface area contributed by atoms with Crippen LogP contribution in [-0.4, -0.2) is 80.5 Å². The van der Waals surface area contributed by atoms with Crippen LogP contribution in [0.15, 0.2) is 10.4 Å². The average molecular weight is 578 g/mol. The molecule has 1 aromatic heterocycles. The third-order valence-electron chi connectivity index (χ3n) is 6.41. The first kappa shape index (κ1) is 26.0. The van der Waals surface area contributed by atoms with Crippen molar-refractivity contribution in [1.29, 1.82) is 0 Å². The van der Waals surface area contributed by atoms with Crippen LogP contribution in [0, 0.1) is 0 Å². The lowest BCUT2D eigenvalue weighted by molar-refractivity contribution is -0.0721. The number of aromatic nitrogens is 1. The van der Waals surface area contributed by atoms with Gasteiger partial charge in [0.1, 0.15) is 0 Å². The van der Waals surface area contributed by atoms with Gasteiger partial charge in [0.15, 0.2) is 11.1 Å². The van der Waals surface area contributed by atoms with E-state index in [1.165, 1.54) is 36.5 Å². The minimum absolute atomic E-state index is 0. The van der Waals surface area contributed by atoms with Crippen LogP contribution in [0.1, 0.15) is 57.6 Å². The number of nitrogens with one attached hydrogen (secondary N) is 1. The maximum atomic E-state index is 6.17. The number of hydrogen-bond donors (Lipinski definition) is 1. The van der Waals surface area contributed by atoms with Crippen molar-refractivity contribution in [3.05, 3.63) is 11.1 Å². The maximum Gasteiger partial charge on any atom is 0.193 e. The molecular formula is C23H40IN5O2S. The Labute approximate surface area is 214 Å². The summed E-state index contributed by atoms with van der Waals surface area (Å²) in [4.78, 5) is 14.5. The Kier molecular flexibility index (Phi) is 11.3. The van der Waals surface area contributed by atoms with Crippen LogP contribution in [-0.2, 0) is 15.9 Å². The molecule has 3 saturated heterocycles. The number of nitrogens with zero attached hydrogens (tertiary/aromatic N) is 4. The van der Waals surface area contributed by atoms with E-state index in [1.54, 1.807) is 11.3 Å². The van der Waals surface area contributed by atoms with E-state index < -0.39 is 0 Å². The largest absolute Gasteiger partial charge is 0.376 e. The summed E-state index contributed by atoms with van der Waals surface area (Å²) in [6.45, 7) is 9.77. The Morgan fingerprint density at radius 2 is 2.00 bits per heavy atom. The molecule has 0 spiro atoms. The number of likely N-dealkylation sites (tertiary alicyclic amines) is 1. The summed E-state index contributed by atoms with van der Waals surface area (Å²) in [6.07, 6.45) is 9.88. The Hall–Kier alpha value is -0.650. The lowest BCUT2D eigenvalue weighted by atomic mass is 10.1. The lowest BCUT2D eigenvalue weighted by Crippen LogP contribution is -2.47. The van der Waals surface area contributed by atoms with Gasteiger partial charge in [-0.25, -0.2) is 4.98 Å². The first-order chi connectivity index (χ1) is 15.3. The number of piperidine rings is 1. The molecule has 4 rings (SSSR count). The summed E-state index contributed by atoms with van der Waals surface area (Å²) < 4.78 is 12.0. The van der Waals surface area contributed by atoms with Gasteiger partial charge in [-0.05, 0) is 51.9 Å². The van der Waals surface area contributed by atoms with Crippen molar-refractivity contribution >= 4 is 46.4 Å². The number of aliphatic imine (C=N–C) groups is 1. The molecule has 3 aliphatic heterocycles. The van der Waals surface area contributed by atoms with Crippen molar-refractivity contribution < 1.29 is 9.47 Å². The molecule has 0 amide bonds. The zero-order valence-electron chi connectivity index (χ0n) is 19.5. The zero-order valence-corrected chi connectivity index (χ0v) is 22.6. The van der Waals surface area contributed by atoms with E-state index in [2.05, 4.69) is 27.4 Å². The van der Waals surface area contributed by atoms with Crippen LogP contribution in [0.5, 0.6) is 0 Å². The second-order valence-corrected chi connectivity index (χ2v) is 9.65. The molecule has 4 heterocycles. The quantitative estimate of drug-likeness (QED) is 0.287. The van der Waals surface area contributed by atoms with Crippen LogP contribution >= 0.6 is 35.3 Å². The highest BCUT2D eigenvalue weighted by atomic mass is 127. The van der Waals surface area contributed by atoms with Gasteiger partial charge in [0.2, 0.25) is 0 Å². The molecule has 1 aromatic rings. The minimum Gasteiger partial charge on any atom is -0.376 e. The SMILES string of the molecule is CCNC(=NCCc1csc(N2CCCC2)n1)N1CCC(OCC2CCCCO2)CC1.I.